The van der Waals surface area contributed by atoms with Gasteiger partial charge in [0.2, 0.25) is 0 Å². The number of aryl methyl sites for hydroxylation is 1. The number of aromatic nitrogens is 2. The van der Waals surface area contributed by atoms with Gasteiger partial charge < -0.3 is 9.67 Å². The van der Waals surface area contributed by atoms with Crippen molar-refractivity contribution in [2.24, 2.45) is 0 Å². The van der Waals surface area contributed by atoms with Gasteiger partial charge in [0.05, 0.1) is 12.9 Å². The van der Waals surface area contributed by atoms with Crippen molar-refractivity contribution >= 4 is 10.0 Å². The first-order valence-corrected chi connectivity index (χ1v) is 7.02. The molecular formula is C10H19N3O3S. The number of aliphatic hydroxyl groups is 1. The molecule has 1 aromatic heterocycles. The van der Waals surface area contributed by atoms with E-state index >= 15 is 0 Å². The quantitative estimate of drug-likeness (QED) is 0.799. The Labute approximate surface area is 102 Å². The van der Waals surface area contributed by atoms with Crippen molar-refractivity contribution in [2.75, 3.05) is 13.2 Å². The first-order chi connectivity index (χ1) is 7.93. The molecule has 0 saturated heterocycles. The van der Waals surface area contributed by atoms with E-state index in [1.165, 1.54) is 16.8 Å². The van der Waals surface area contributed by atoms with Gasteiger partial charge in [0.15, 0.2) is 5.03 Å². The minimum atomic E-state index is -3.61. The highest BCUT2D eigenvalue weighted by atomic mass is 32.2. The number of rotatable bonds is 6. The predicted molar refractivity (Wildman–Crippen MR) is 64.0 cm³/mol. The summed E-state index contributed by atoms with van der Waals surface area (Å²) in [5, 5.41) is 8.94. The molecule has 0 aliphatic rings. The Kier molecular flexibility index (Phi) is 4.67. The lowest BCUT2D eigenvalue weighted by molar-refractivity contribution is 0.236. The van der Waals surface area contributed by atoms with Gasteiger partial charge in [-0.1, -0.05) is 0 Å². The monoisotopic (exact) mass is 261 g/mol. The van der Waals surface area contributed by atoms with Crippen molar-refractivity contribution in [1.82, 2.24) is 13.9 Å². The predicted octanol–water partition coefficient (Wildman–Crippen LogP) is 0.294. The summed E-state index contributed by atoms with van der Waals surface area (Å²) in [7, 11) is -3.61. The maximum Gasteiger partial charge on any atom is 0.262 e. The van der Waals surface area contributed by atoms with Crippen molar-refractivity contribution in [1.29, 1.82) is 0 Å². The third-order valence-corrected chi connectivity index (χ3v) is 4.41. The molecule has 0 fully saturated rings. The van der Waals surface area contributed by atoms with Crippen LogP contribution in [0.4, 0.5) is 0 Å². The number of sulfonamides is 1. The van der Waals surface area contributed by atoms with E-state index in [9.17, 15) is 8.42 Å². The molecule has 0 bridgehead atoms. The smallest absolute Gasteiger partial charge is 0.262 e. The Morgan fingerprint density at radius 1 is 1.53 bits per heavy atom. The molecule has 7 heteroatoms. The zero-order valence-electron chi connectivity index (χ0n) is 10.4. The number of aliphatic hydroxyl groups excluding tert-OH is 1. The lowest BCUT2D eigenvalue weighted by atomic mass is 10.4. The van der Waals surface area contributed by atoms with E-state index < -0.39 is 10.0 Å². The highest BCUT2D eigenvalue weighted by Crippen LogP contribution is 2.15. The third kappa shape index (κ3) is 3.05. The summed E-state index contributed by atoms with van der Waals surface area (Å²) in [6.45, 7) is 6.00. The van der Waals surface area contributed by atoms with E-state index in [2.05, 4.69) is 4.98 Å². The zero-order valence-corrected chi connectivity index (χ0v) is 11.2. The first-order valence-electron chi connectivity index (χ1n) is 5.58. The maximum atomic E-state index is 12.2. The number of hydrogen-bond acceptors (Lipinski definition) is 4. The van der Waals surface area contributed by atoms with Crippen LogP contribution in [0.1, 0.15) is 20.8 Å². The molecule has 0 amide bonds. The van der Waals surface area contributed by atoms with Crippen molar-refractivity contribution in [3.63, 3.8) is 0 Å². The fourth-order valence-corrected chi connectivity index (χ4v) is 3.09. The van der Waals surface area contributed by atoms with E-state index in [-0.39, 0.29) is 24.2 Å². The van der Waals surface area contributed by atoms with Crippen LogP contribution < -0.4 is 0 Å². The second-order valence-corrected chi connectivity index (χ2v) is 5.81. The molecule has 1 aromatic rings. The molecular weight excluding hydrogens is 242 g/mol. The molecule has 0 radical (unpaired) electrons. The van der Waals surface area contributed by atoms with Crippen LogP contribution in [0.2, 0.25) is 0 Å². The number of nitrogens with zero attached hydrogens (tertiary/aromatic N) is 3. The van der Waals surface area contributed by atoms with E-state index in [1.807, 2.05) is 6.92 Å². The van der Waals surface area contributed by atoms with Crippen LogP contribution in [0, 0.1) is 0 Å². The standard InChI is InChI=1S/C10H19N3O3S/c1-4-12-7-10(11-8-12)17(15,16)13(5-6-14)9(2)3/h7-9,14H,4-6H2,1-3H3. The molecule has 1 N–H and O–H groups in total. The fourth-order valence-electron chi connectivity index (χ4n) is 1.52. The van der Waals surface area contributed by atoms with Crippen molar-refractivity contribution in [3.8, 4) is 0 Å². The third-order valence-electron chi connectivity index (χ3n) is 2.44. The molecule has 98 valence electrons. The molecule has 6 nitrogen and oxygen atoms in total. The molecule has 0 aliphatic carbocycles. The topological polar surface area (TPSA) is 75.4 Å². The fraction of sp³-hybridized carbons (Fsp3) is 0.700. The van der Waals surface area contributed by atoms with Gasteiger partial charge in [0, 0.05) is 25.3 Å². The van der Waals surface area contributed by atoms with Gasteiger partial charge >= 0.3 is 0 Å². The second-order valence-electron chi connectivity index (χ2n) is 3.98. The Bertz CT molecular complexity index is 453. The van der Waals surface area contributed by atoms with Gasteiger partial charge in [-0.05, 0) is 20.8 Å². The van der Waals surface area contributed by atoms with Crippen LogP contribution in [0.25, 0.3) is 0 Å². The largest absolute Gasteiger partial charge is 0.395 e. The number of imidazole rings is 1. The van der Waals surface area contributed by atoms with Crippen LogP contribution >= 0.6 is 0 Å². The lowest BCUT2D eigenvalue weighted by Gasteiger charge is -2.23. The van der Waals surface area contributed by atoms with Crippen molar-refractivity contribution < 1.29 is 13.5 Å². The van der Waals surface area contributed by atoms with E-state index in [0.29, 0.717) is 6.54 Å². The maximum absolute atomic E-state index is 12.2. The average Bonchev–Trinajstić information content (AvgIpc) is 2.74. The zero-order chi connectivity index (χ0) is 13.1. The summed E-state index contributed by atoms with van der Waals surface area (Å²) >= 11 is 0. The highest BCUT2D eigenvalue weighted by molar-refractivity contribution is 7.89. The van der Waals surface area contributed by atoms with Crippen molar-refractivity contribution in [2.45, 2.75) is 38.4 Å². The van der Waals surface area contributed by atoms with Crippen LogP contribution in [0.3, 0.4) is 0 Å². The van der Waals surface area contributed by atoms with Gasteiger partial charge in [-0.15, -0.1) is 0 Å². The van der Waals surface area contributed by atoms with Gasteiger partial charge in [0.25, 0.3) is 10.0 Å². The molecule has 0 spiro atoms. The molecule has 0 unspecified atom stereocenters. The first kappa shape index (κ1) is 14.1. The molecule has 0 atom stereocenters. The Morgan fingerprint density at radius 3 is 2.59 bits per heavy atom. The molecule has 1 rings (SSSR count). The van der Waals surface area contributed by atoms with Crippen LogP contribution in [0.15, 0.2) is 17.6 Å². The summed E-state index contributed by atoms with van der Waals surface area (Å²) in [6, 6.07) is -0.209. The minimum absolute atomic E-state index is 0.0292. The SMILES string of the molecule is CCn1cnc(S(=O)(=O)N(CCO)C(C)C)c1. The minimum Gasteiger partial charge on any atom is -0.395 e. The Hall–Kier alpha value is -0.920. The van der Waals surface area contributed by atoms with E-state index in [0.717, 1.165) is 0 Å². The second kappa shape index (κ2) is 5.61. The molecule has 1 heterocycles. The lowest BCUT2D eigenvalue weighted by Crippen LogP contribution is -2.39. The molecule has 17 heavy (non-hydrogen) atoms. The van der Waals surface area contributed by atoms with Crippen LogP contribution in [0.5, 0.6) is 0 Å². The summed E-state index contributed by atoms with van der Waals surface area (Å²) < 4.78 is 27.4. The van der Waals surface area contributed by atoms with Gasteiger partial charge in [-0.3, -0.25) is 0 Å². The summed E-state index contributed by atoms with van der Waals surface area (Å²) in [4.78, 5) is 3.90. The van der Waals surface area contributed by atoms with E-state index in [1.54, 1.807) is 18.4 Å². The summed E-state index contributed by atoms with van der Waals surface area (Å²) in [5.74, 6) is 0. The van der Waals surface area contributed by atoms with Crippen LogP contribution in [-0.4, -0.2) is 46.6 Å². The van der Waals surface area contributed by atoms with Gasteiger partial charge in [-0.25, -0.2) is 13.4 Å². The molecule has 0 saturated carbocycles. The summed E-state index contributed by atoms with van der Waals surface area (Å²) in [6.07, 6.45) is 2.99. The number of hydrogen-bond donors (Lipinski definition) is 1. The molecule has 0 aromatic carbocycles. The average molecular weight is 261 g/mol. The van der Waals surface area contributed by atoms with Crippen LogP contribution in [-0.2, 0) is 16.6 Å². The Balaban J connectivity index is 3.07. The van der Waals surface area contributed by atoms with Crippen molar-refractivity contribution in [3.05, 3.63) is 12.5 Å². The van der Waals surface area contributed by atoms with Gasteiger partial charge in [0.1, 0.15) is 0 Å². The molecule has 0 aliphatic heterocycles. The summed E-state index contributed by atoms with van der Waals surface area (Å²) in [5.41, 5.74) is 0. The van der Waals surface area contributed by atoms with E-state index in [4.69, 9.17) is 5.11 Å². The van der Waals surface area contributed by atoms with Gasteiger partial charge in [-0.2, -0.15) is 4.31 Å². The highest BCUT2D eigenvalue weighted by Gasteiger charge is 2.28. The Morgan fingerprint density at radius 2 is 2.18 bits per heavy atom. The normalized spacial score (nSPS) is 12.6.